The molecule has 2 aromatic carbocycles. The van der Waals surface area contributed by atoms with Crippen molar-refractivity contribution >= 4 is 38.3 Å². The number of hydrogen-bond donors (Lipinski definition) is 0. The molecule has 0 aliphatic heterocycles. The fourth-order valence-electron chi connectivity index (χ4n) is 3.31. The van der Waals surface area contributed by atoms with Crippen molar-refractivity contribution in [3.05, 3.63) is 90.4 Å². The Labute approximate surface area is 182 Å². The Morgan fingerprint density at radius 1 is 1.07 bits per heavy atom. The van der Waals surface area contributed by atoms with Crippen molar-refractivity contribution in [2.75, 3.05) is 0 Å². The van der Waals surface area contributed by atoms with Crippen LogP contribution in [0.2, 0.25) is 0 Å². The zero-order valence-corrected chi connectivity index (χ0v) is 19.0. The molecule has 1 unspecified atom stereocenters. The van der Waals surface area contributed by atoms with E-state index >= 15 is 0 Å². The van der Waals surface area contributed by atoms with Crippen LogP contribution in [0.5, 0.6) is 0 Å². The van der Waals surface area contributed by atoms with Crippen molar-refractivity contribution in [2.45, 2.75) is 33.1 Å². The normalized spacial score (nSPS) is 13.5. The molecule has 2 heterocycles. The Hall–Kier alpha value is -2.31. The van der Waals surface area contributed by atoms with Crippen LogP contribution in [0.15, 0.2) is 57.8 Å². The summed E-state index contributed by atoms with van der Waals surface area (Å²) in [6, 6.07) is 16.5. The largest absolute Gasteiger partial charge is 0.291 e. The van der Waals surface area contributed by atoms with Gasteiger partial charge in [-0.15, -0.1) is 5.10 Å². The summed E-state index contributed by atoms with van der Waals surface area (Å²) in [4.78, 5) is 18.0. The average molecular weight is 468 g/mol. The van der Waals surface area contributed by atoms with E-state index in [9.17, 15) is 4.79 Å². The van der Waals surface area contributed by atoms with Crippen LogP contribution in [0.3, 0.4) is 0 Å². The summed E-state index contributed by atoms with van der Waals surface area (Å²) in [5.41, 5.74) is 3.35. The highest BCUT2D eigenvalue weighted by Crippen LogP contribution is 2.23. The first kappa shape index (κ1) is 20.0. The molecule has 4 nitrogen and oxygen atoms in total. The van der Waals surface area contributed by atoms with E-state index in [-0.39, 0.29) is 11.5 Å². The van der Waals surface area contributed by atoms with Crippen molar-refractivity contribution in [1.82, 2.24) is 14.6 Å². The van der Waals surface area contributed by atoms with E-state index in [0.29, 0.717) is 21.2 Å². The number of fused-ring (bicyclic) bond motifs is 1. The molecule has 2 aromatic heterocycles. The summed E-state index contributed by atoms with van der Waals surface area (Å²) in [5.74, 6) is 1.35. The average Bonchev–Trinajstić information content (AvgIpc) is 3.23. The molecule has 1 atom stereocenters. The highest BCUT2D eigenvalue weighted by molar-refractivity contribution is 9.10. The fraction of sp³-hybridized carbons (Fsp3) is 0.261. The standard InChI is InChI=1S/C23H22BrN3OS/c1-14(2)12-16-4-8-18(9-5-16)15(3)21-25-23-27(26-21)22(28)20(29-23)13-17-6-10-19(24)11-7-17/h4-11,13-15H,12H2,1-3H3/b20-13-. The van der Waals surface area contributed by atoms with Gasteiger partial charge in [-0.1, -0.05) is 84.4 Å². The SMILES string of the molecule is CC(C)Cc1ccc(C(C)c2nc3s/c(=C\c4ccc(Br)cc4)c(=O)n3n2)cc1. The van der Waals surface area contributed by atoms with Gasteiger partial charge < -0.3 is 0 Å². The first-order valence-electron chi connectivity index (χ1n) is 9.66. The molecule has 0 saturated heterocycles. The highest BCUT2D eigenvalue weighted by atomic mass is 79.9. The molecule has 29 heavy (non-hydrogen) atoms. The van der Waals surface area contributed by atoms with Gasteiger partial charge in [0.15, 0.2) is 5.82 Å². The summed E-state index contributed by atoms with van der Waals surface area (Å²) in [6.45, 7) is 6.53. The van der Waals surface area contributed by atoms with Crippen LogP contribution in [-0.2, 0) is 6.42 Å². The van der Waals surface area contributed by atoms with Crippen molar-refractivity contribution in [2.24, 2.45) is 5.92 Å². The van der Waals surface area contributed by atoms with Gasteiger partial charge >= 0.3 is 0 Å². The van der Waals surface area contributed by atoms with Crippen molar-refractivity contribution in [3.8, 4) is 0 Å². The zero-order chi connectivity index (χ0) is 20.5. The second-order valence-electron chi connectivity index (χ2n) is 7.69. The maximum atomic E-state index is 12.7. The number of halogens is 1. The molecular formula is C23H22BrN3OS. The summed E-state index contributed by atoms with van der Waals surface area (Å²) in [5, 5.41) is 4.51. The first-order chi connectivity index (χ1) is 13.9. The van der Waals surface area contributed by atoms with E-state index < -0.39 is 0 Å². The molecule has 0 aliphatic rings. The van der Waals surface area contributed by atoms with Gasteiger partial charge in [0.2, 0.25) is 4.96 Å². The van der Waals surface area contributed by atoms with Crippen LogP contribution in [0, 0.1) is 5.92 Å². The molecule has 0 aliphatic carbocycles. The zero-order valence-electron chi connectivity index (χ0n) is 16.6. The highest BCUT2D eigenvalue weighted by Gasteiger charge is 2.17. The second kappa shape index (κ2) is 8.20. The molecule has 4 rings (SSSR count). The summed E-state index contributed by atoms with van der Waals surface area (Å²) >= 11 is 4.80. The quantitative estimate of drug-likeness (QED) is 0.422. The van der Waals surface area contributed by atoms with Gasteiger partial charge in [0.25, 0.3) is 5.56 Å². The Morgan fingerprint density at radius 2 is 1.76 bits per heavy atom. The predicted octanol–water partition coefficient (Wildman–Crippen LogP) is 4.81. The topological polar surface area (TPSA) is 47.3 Å². The van der Waals surface area contributed by atoms with E-state index in [0.717, 1.165) is 22.0 Å². The lowest BCUT2D eigenvalue weighted by Crippen LogP contribution is -2.24. The van der Waals surface area contributed by atoms with Crippen LogP contribution in [0.1, 0.15) is 49.2 Å². The number of aromatic nitrogens is 3. The lowest BCUT2D eigenvalue weighted by Gasteiger charge is -2.10. The van der Waals surface area contributed by atoms with Gasteiger partial charge in [0, 0.05) is 10.4 Å². The van der Waals surface area contributed by atoms with E-state index in [1.807, 2.05) is 30.3 Å². The molecule has 148 valence electrons. The first-order valence-corrected chi connectivity index (χ1v) is 11.3. The Bertz CT molecular complexity index is 1240. The fourth-order valence-corrected chi connectivity index (χ4v) is 4.48. The van der Waals surface area contributed by atoms with Crippen molar-refractivity contribution in [3.63, 3.8) is 0 Å². The van der Waals surface area contributed by atoms with Gasteiger partial charge in [-0.25, -0.2) is 4.98 Å². The third-order valence-electron chi connectivity index (χ3n) is 4.88. The van der Waals surface area contributed by atoms with Gasteiger partial charge in [-0.2, -0.15) is 4.52 Å². The van der Waals surface area contributed by atoms with Gasteiger partial charge in [-0.05, 0) is 47.2 Å². The number of rotatable bonds is 5. The predicted molar refractivity (Wildman–Crippen MR) is 123 cm³/mol. The summed E-state index contributed by atoms with van der Waals surface area (Å²) in [6.07, 6.45) is 2.96. The maximum absolute atomic E-state index is 12.7. The molecule has 0 N–H and O–H groups in total. The van der Waals surface area contributed by atoms with Gasteiger partial charge in [0.05, 0.1) is 4.53 Å². The summed E-state index contributed by atoms with van der Waals surface area (Å²) < 4.78 is 3.07. The molecule has 0 saturated carbocycles. The third kappa shape index (κ3) is 4.33. The Kier molecular flexibility index (Phi) is 5.65. The van der Waals surface area contributed by atoms with Crippen LogP contribution < -0.4 is 10.1 Å². The minimum atomic E-state index is -0.119. The number of benzene rings is 2. The second-order valence-corrected chi connectivity index (χ2v) is 9.62. The molecule has 4 aromatic rings. The van der Waals surface area contributed by atoms with E-state index in [1.165, 1.54) is 21.4 Å². The van der Waals surface area contributed by atoms with Crippen LogP contribution in [0.25, 0.3) is 11.0 Å². The van der Waals surface area contributed by atoms with E-state index in [1.54, 1.807) is 0 Å². The maximum Gasteiger partial charge on any atom is 0.291 e. The number of nitrogens with zero attached hydrogens (tertiary/aromatic N) is 3. The van der Waals surface area contributed by atoms with Gasteiger partial charge in [0.1, 0.15) is 0 Å². The number of hydrogen-bond acceptors (Lipinski definition) is 4. The summed E-state index contributed by atoms with van der Waals surface area (Å²) in [7, 11) is 0. The van der Waals surface area contributed by atoms with E-state index in [2.05, 4.69) is 71.0 Å². The van der Waals surface area contributed by atoms with E-state index in [4.69, 9.17) is 0 Å². The number of thiazole rings is 1. The molecule has 0 bridgehead atoms. The molecule has 0 spiro atoms. The van der Waals surface area contributed by atoms with Crippen LogP contribution in [0.4, 0.5) is 0 Å². The lowest BCUT2D eigenvalue weighted by atomic mass is 9.96. The monoisotopic (exact) mass is 467 g/mol. The molecule has 0 fully saturated rings. The molecule has 0 amide bonds. The van der Waals surface area contributed by atoms with Crippen molar-refractivity contribution in [1.29, 1.82) is 0 Å². The smallest absolute Gasteiger partial charge is 0.266 e. The Balaban J connectivity index is 1.63. The van der Waals surface area contributed by atoms with Crippen LogP contribution >= 0.6 is 27.3 Å². The van der Waals surface area contributed by atoms with Gasteiger partial charge in [-0.3, -0.25) is 4.79 Å². The molecular weight excluding hydrogens is 446 g/mol. The van der Waals surface area contributed by atoms with Crippen molar-refractivity contribution < 1.29 is 0 Å². The lowest BCUT2D eigenvalue weighted by molar-refractivity contribution is 0.647. The molecule has 0 radical (unpaired) electrons. The Morgan fingerprint density at radius 3 is 2.38 bits per heavy atom. The molecule has 6 heteroatoms. The minimum Gasteiger partial charge on any atom is -0.266 e. The minimum absolute atomic E-state index is 0.0357. The van der Waals surface area contributed by atoms with Crippen LogP contribution in [-0.4, -0.2) is 14.6 Å². The third-order valence-corrected chi connectivity index (χ3v) is 6.36.